The number of fused-ring (bicyclic) bond motifs is 8. The first-order chi connectivity index (χ1) is 13.7. The Morgan fingerprint density at radius 3 is 2.71 bits per heavy atom. The number of pyridine rings is 1. The molecule has 0 unspecified atom stereocenters. The molecule has 0 atom stereocenters. The molecule has 0 saturated carbocycles. The minimum absolute atomic E-state index is 0.0308. The van der Waals surface area contributed by atoms with Crippen LogP contribution in [-0.2, 0) is 0 Å². The van der Waals surface area contributed by atoms with Crippen molar-refractivity contribution >= 4 is 50.6 Å². The highest BCUT2D eigenvalue weighted by Crippen LogP contribution is 2.48. The number of anilines is 2. The summed E-state index contributed by atoms with van der Waals surface area (Å²) in [6.45, 7) is 2.07. The number of aryl methyl sites for hydroxylation is 1. The third kappa shape index (κ3) is 2.08. The van der Waals surface area contributed by atoms with E-state index in [9.17, 15) is 4.79 Å². The van der Waals surface area contributed by atoms with Crippen LogP contribution in [0.1, 0.15) is 5.56 Å². The zero-order chi connectivity index (χ0) is 18.8. The molecule has 4 nitrogen and oxygen atoms in total. The van der Waals surface area contributed by atoms with E-state index in [2.05, 4.69) is 30.4 Å². The molecule has 0 radical (unpaired) electrons. The quantitative estimate of drug-likeness (QED) is 0.278. The van der Waals surface area contributed by atoms with Gasteiger partial charge in [0.25, 0.3) is 5.56 Å². The molecule has 5 aromatic rings. The van der Waals surface area contributed by atoms with Crippen molar-refractivity contribution in [1.29, 1.82) is 0 Å². The maximum atomic E-state index is 13.4. The van der Waals surface area contributed by atoms with Crippen LogP contribution in [0, 0.1) is 6.92 Å². The number of nitrogens with zero attached hydrogens (tertiary/aromatic N) is 2. The average Bonchev–Trinajstić information content (AvgIpc) is 2.73. The third-order valence-electron chi connectivity index (χ3n) is 5.23. The van der Waals surface area contributed by atoms with Crippen molar-refractivity contribution in [2.45, 2.75) is 16.7 Å². The van der Waals surface area contributed by atoms with Gasteiger partial charge in [0.05, 0.1) is 32.7 Å². The van der Waals surface area contributed by atoms with Gasteiger partial charge in [-0.05, 0) is 43.3 Å². The van der Waals surface area contributed by atoms with Crippen molar-refractivity contribution in [3.63, 3.8) is 0 Å². The highest BCUT2D eigenvalue weighted by molar-refractivity contribution is 8.00. The highest BCUT2D eigenvalue weighted by atomic mass is 32.2. The topological polar surface area (TPSA) is 46.4 Å². The predicted molar refractivity (Wildman–Crippen MR) is 115 cm³/mol. The Labute approximate surface area is 164 Å². The molecular formula is C23H15N3OS. The van der Waals surface area contributed by atoms with E-state index in [0.717, 1.165) is 43.1 Å². The molecule has 28 heavy (non-hydrogen) atoms. The Hall–Kier alpha value is -3.31. The van der Waals surface area contributed by atoms with Crippen LogP contribution in [-0.4, -0.2) is 9.38 Å². The lowest BCUT2D eigenvalue weighted by Gasteiger charge is -2.24. The van der Waals surface area contributed by atoms with Gasteiger partial charge in [-0.15, -0.1) is 0 Å². The van der Waals surface area contributed by atoms with Crippen molar-refractivity contribution in [3.8, 4) is 0 Å². The monoisotopic (exact) mass is 381 g/mol. The molecule has 2 aromatic heterocycles. The minimum atomic E-state index is -0.0308. The van der Waals surface area contributed by atoms with Crippen LogP contribution < -0.4 is 10.9 Å². The molecule has 3 heterocycles. The summed E-state index contributed by atoms with van der Waals surface area (Å²) in [4.78, 5) is 20.4. The summed E-state index contributed by atoms with van der Waals surface area (Å²) in [6.07, 6.45) is 0. The molecule has 0 spiro atoms. The van der Waals surface area contributed by atoms with Crippen LogP contribution in [0.5, 0.6) is 0 Å². The van der Waals surface area contributed by atoms with Crippen LogP contribution in [0.15, 0.2) is 81.3 Å². The summed E-state index contributed by atoms with van der Waals surface area (Å²) in [5, 5.41) is 5.26. The van der Waals surface area contributed by atoms with Crippen molar-refractivity contribution in [3.05, 3.63) is 82.6 Å². The summed E-state index contributed by atoms with van der Waals surface area (Å²) < 4.78 is 1.76. The van der Waals surface area contributed by atoms with E-state index in [1.165, 1.54) is 0 Å². The van der Waals surface area contributed by atoms with E-state index in [1.54, 1.807) is 16.2 Å². The number of benzene rings is 3. The number of nitrogens with one attached hydrogen (secondary N) is 1. The summed E-state index contributed by atoms with van der Waals surface area (Å²) in [6, 6.07) is 22.0. The molecule has 0 aliphatic carbocycles. The number of para-hydroxylation sites is 2. The average molecular weight is 381 g/mol. The number of aromatic nitrogens is 2. The Bertz CT molecular complexity index is 1500. The molecule has 0 bridgehead atoms. The fourth-order valence-electron chi connectivity index (χ4n) is 3.91. The number of rotatable bonds is 0. The zero-order valence-corrected chi connectivity index (χ0v) is 15.9. The van der Waals surface area contributed by atoms with Gasteiger partial charge in [-0.3, -0.25) is 9.20 Å². The molecule has 6 rings (SSSR count). The predicted octanol–water partition coefficient (Wildman–Crippen LogP) is 5.52. The van der Waals surface area contributed by atoms with Gasteiger partial charge in [0.1, 0.15) is 0 Å². The summed E-state index contributed by atoms with van der Waals surface area (Å²) in [5.41, 5.74) is 5.51. The molecule has 5 heteroatoms. The van der Waals surface area contributed by atoms with E-state index in [0.29, 0.717) is 11.0 Å². The fraction of sp³-hybridized carbons (Fsp3) is 0.0435. The molecule has 0 amide bonds. The van der Waals surface area contributed by atoms with Gasteiger partial charge < -0.3 is 5.32 Å². The lowest BCUT2D eigenvalue weighted by molar-refractivity contribution is 1.09. The van der Waals surface area contributed by atoms with Gasteiger partial charge in [-0.2, -0.15) is 0 Å². The normalized spacial score (nSPS) is 12.8. The van der Waals surface area contributed by atoms with Crippen LogP contribution in [0.3, 0.4) is 0 Å². The van der Waals surface area contributed by atoms with Crippen LogP contribution in [0.2, 0.25) is 0 Å². The lowest BCUT2D eigenvalue weighted by atomic mass is 10.1. The van der Waals surface area contributed by atoms with Gasteiger partial charge in [-0.1, -0.05) is 47.7 Å². The molecule has 3 aromatic carbocycles. The summed E-state index contributed by atoms with van der Waals surface area (Å²) >= 11 is 1.67. The largest absolute Gasteiger partial charge is 0.353 e. The van der Waals surface area contributed by atoms with Crippen LogP contribution in [0.4, 0.5) is 11.4 Å². The van der Waals surface area contributed by atoms with E-state index < -0.39 is 0 Å². The Kier molecular flexibility index (Phi) is 3.14. The fourth-order valence-corrected chi connectivity index (χ4v) is 5.00. The van der Waals surface area contributed by atoms with Gasteiger partial charge in [-0.25, -0.2) is 4.98 Å². The first-order valence-electron chi connectivity index (χ1n) is 9.12. The summed E-state index contributed by atoms with van der Waals surface area (Å²) in [7, 11) is 0. The van der Waals surface area contributed by atoms with Crippen molar-refractivity contribution in [1.82, 2.24) is 9.38 Å². The van der Waals surface area contributed by atoms with Crippen LogP contribution in [0.25, 0.3) is 27.5 Å². The van der Waals surface area contributed by atoms with Gasteiger partial charge in [0.15, 0.2) is 5.65 Å². The molecule has 0 saturated heterocycles. The SMILES string of the molecule is Cc1ccc2c(c1)c1c(c3nc4ccccc4c(=O)n32)Sc2ccccc2N1. The first kappa shape index (κ1) is 15.7. The summed E-state index contributed by atoms with van der Waals surface area (Å²) in [5.74, 6) is 0. The van der Waals surface area contributed by atoms with Crippen molar-refractivity contribution in [2.75, 3.05) is 5.32 Å². The molecule has 1 N–H and O–H groups in total. The second kappa shape index (κ2) is 5.59. The maximum absolute atomic E-state index is 13.4. The number of hydrogen-bond donors (Lipinski definition) is 1. The van der Waals surface area contributed by atoms with Gasteiger partial charge in [0.2, 0.25) is 0 Å². The smallest absolute Gasteiger partial charge is 0.266 e. The highest BCUT2D eigenvalue weighted by Gasteiger charge is 2.24. The standard InChI is InChI=1S/C23H15N3OS/c1-13-10-11-18-15(12-13)20-21(28-19-9-5-4-8-17(19)24-20)22-25-16-7-3-2-6-14(16)23(27)26(18)22/h2-12,24H,1H3. The van der Waals surface area contributed by atoms with Crippen molar-refractivity contribution < 1.29 is 0 Å². The minimum Gasteiger partial charge on any atom is -0.353 e. The second-order valence-corrected chi connectivity index (χ2v) is 8.09. The van der Waals surface area contributed by atoms with E-state index in [-0.39, 0.29) is 5.56 Å². The third-order valence-corrected chi connectivity index (χ3v) is 6.39. The van der Waals surface area contributed by atoms with Gasteiger partial charge >= 0.3 is 0 Å². The van der Waals surface area contributed by atoms with E-state index in [1.807, 2.05) is 48.5 Å². The second-order valence-electron chi connectivity index (χ2n) is 7.04. The molecule has 134 valence electrons. The van der Waals surface area contributed by atoms with Crippen LogP contribution >= 0.6 is 11.8 Å². The maximum Gasteiger partial charge on any atom is 0.266 e. The Morgan fingerprint density at radius 1 is 0.964 bits per heavy atom. The number of hydrogen-bond acceptors (Lipinski definition) is 4. The van der Waals surface area contributed by atoms with Gasteiger partial charge in [0, 0.05) is 10.3 Å². The Balaban J connectivity index is 1.86. The molecular weight excluding hydrogens is 366 g/mol. The molecule has 0 fully saturated rings. The first-order valence-corrected chi connectivity index (χ1v) is 9.94. The van der Waals surface area contributed by atoms with E-state index in [4.69, 9.17) is 4.98 Å². The lowest BCUT2D eigenvalue weighted by Crippen LogP contribution is -2.18. The molecule has 1 aliphatic heterocycles. The Morgan fingerprint density at radius 2 is 1.79 bits per heavy atom. The molecule has 1 aliphatic rings. The zero-order valence-electron chi connectivity index (χ0n) is 15.1. The van der Waals surface area contributed by atoms with Crippen molar-refractivity contribution in [2.24, 2.45) is 0 Å². The van der Waals surface area contributed by atoms with E-state index >= 15 is 0 Å².